The second-order valence-electron chi connectivity index (χ2n) is 5.13. The Morgan fingerprint density at radius 1 is 1.04 bits per heavy atom. The molecule has 5 heteroatoms. The minimum atomic E-state index is -0.610. The van der Waals surface area contributed by atoms with E-state index in [1.165, 1.54) is 0 Å². The van der Waals surface area contributed by atoms with E-state index in [-0.39, 0.29) is 11.8 Å². The van der Waals surface area contributed by atoms with Crippen LogP contribution >= 0.6 is 0 Å². The van der Waals surface area contributed by atoms with Crippen molar-refractivity contribution in [1.29, 1.82) is 0 Å². The van der Waals surface area contributed by atoms with Crippen molar-refractivity contribution in [3.05, 3.63) is 65.7 Å². The Balaban J connectivity index is 1.83. The smallest absolute Gasteiger partial charge is 0.251 e. The lowest BCUT2D eigenvalue weighted by atomic mass is 10.2. The molecule has 23 heavy (non-hydrogen) atoms. The summed E-state index contributed by atoms with van der Waals surface area (Å²) in [4.78, 5) is 24.1. The number of nitrogens with one attached hydrogen (secondary N) is 2. The summed E-state index contributed by atoms with van der Waals surface area (Å²) in [5.74, 6) is 0.270. The van der Waals surface area contributed by atoms with Gasteiger partial charge in [-0.25, -0.2) is 0 Å². The van der Waals surface area contributed by atoms with E-state index in [1.54, 1.807) is 38.3 Å². The van der Waals surface area contributed by atoms with Crippen LogP contribution in [0.2, 0.25) is 0 Å². The Bertz CT molecular complexity index is 654. The zero-order valence-electron chi connectivity index (χ0n) is 13.2. The van der Waals surface area contributed by atoms with E-state index in [1.807, 2.05) is 30.3 Å². The number of benzene rings is 2. The fraction of sp³-hybridized carbons (Fsp3) is 0.222. The summed E-state index contributed by atoms with van der Waals surface area (Å²) in [5.41, 5.74) is 1.49. The fourth-order valence-electron chi connectivity index (χ4n) is 2.02. The van der Waals surface area contributed by atoms with Gasteiger partial charge in [-0.05, 0) is 36.8 Å². The van der Waals surface area contributed by atoms with Gasteiger partial charge in [0.25, 0.3) is 5.91 Å². The molecule has 5 nitrogen and oxygen atoms in total. The maximum atomic E-state index is 12.1. The van der Waals surface area contributed by atoms with Gasteiger partial charge in [0, 0.05) is 12.1 Å². The lowest BCUT2D eigenvalue weighted by Gasteiger charge is -2.14. The first kappa shape index (κ1) is 16.5. The zero-order chi connectivity index (χ0) is 16.7. The first-order chi connectivity index (χ1) is 11.1. The molecule has 0 aromatic heterocycles. The molecule has 1 unspecified atom stereocenters. The van der Waals surface area contributed by atoms with Gasteiger partial charge in [-0.15, -0.1) is 0 Å². The van der Waals surface area contributed by atoms with Gasteiger partial charge in [0.1, 0.15) is 11.8 Å². The molecule has 1 atom stereocenters. The molecule has 0 aliphatic rings. The molecule has 0 bridgehead atoms. The number of methoxy groups -OCH3 is 1. The predicted molar refractivity (Wildman–Crippen MR) is 88.2 cm³/mol. The van der Waals surface area contributed by atoms with Crippen molar-refractivity contribution >= 4 is 11.8 Å². The summed E-state index contributed by atoms with van der Waals surface area (Å²) in [5, 5.41) is 5.48. The second kappa shape index (κ2) is 7.98. The van der Waals surface area contributed by atoms with Crippen LogP contribution in [0.3, 0.4) is 0 Å². The van der Waals surface area contributed by atoms with E-state index < -0.39 is 6.04 Å². The lowest BCUT2D eigenvalue weighted by molar-refractivity contribution is -0.122. The van der Waals surface area contributed by atoms with Crippen molar-refractivity contribution in [2.75, 3.05) is 7.11 Å². The fourth-order valence-corrected chi connectivity index (χ4v) is 2.02. The molecule has 2 amide bonds. The molecule has 2 aromatic carbocycles. The van der Waals surface area contributed by atoms with Crippen LogP contribution in [0, 0.1) is 0 Å². The number of ether oxygens (including phenoxy) is 1. The summed E-state index contributed by atoms with van der Waals surface area (Å²) in [6.45, 7) is 2.05. The Labute approximate surface area is 135 Å². The minimum Gasteiger partial charge on any atom is -0.497 e. The number of rotatable bonds is 6. The van der Waals surface area contributed by atoms with Crippen LogP contribution < -0.4 is 15.4 Å². The number of amides is 2. The molecule has 2 rings (SSSR count). The average molecular weight is 312 g/mol. The Kier molecular flexibility index (Phi) is 5.74. The maximum Gasteiger partial charge on any atom is 0.251 e. The molecular formula is C18H20N2O3. The zero-order valence-corrected chi connectivity index (χ0v) is 13.2. The summed E-state index contributed by atoms with van der Waals surface area (Å²) in [7, 11) is 1.61. The molecule has 0 radical (unpaired) electrons. The first-order valence-electron chi connectivity index (χ1n) is 7.36. The van der Waals surface area contributed by atoms with Crippen LogP contribution in [-0.4, -0.2) is 25.0 Å². The molecule has 2 N–H and O–H groups in total. The second-order valence-corrected chi connectivity index (χ2v) is 5.13. The van der Waals surface area contributed by atoms with Crippen molar-refractivity contribution in [2.45, 2.75) is 19.5 Å². The average Bonchev–Trinajstić information content (AvgIpc) is 2.60. The van der Waals surface area contributed by atoms with Gasteiger partial charge in [0.05, 0.1) is 7.11 Å². The third-order valence-electron chi connectivity index (χ3n) is 3.40. The molecule has 120 valence electrons. The molecule has 0 saturated carbocycles. The van der Waals surface area contributed by atoms with Gasteiger partial charge in [-0.1, -0.05) is 30.3 Å². The largest absolute Gasteiger partial charge is 0.497 e. The summed E-state index contributed by atoms with van der Waals surface area (Å²) < 4.78 is 5.08. The normalized spacial score (nSPS) is 11.4. The van der Waals surface area contributed by atoms with Crippen molar-refractivity contribution in [3.63, 3.8) is 0 Å². The minimum absolute atomic E-state index is 0.231. The highest BCUT2D eigenvalue weighted by Gasteiger charge is 2.16. The van der Waals surface area contributed by atoms with Crippen LogP contribution in [0.1, 0.15) is 22.8 Å². The number of carbonyl (C=O) groups is 2. The van der Waals surface area contributed by atoms with Crippen molar-refractivity contribution < 1.29 is 14.3 Å². The standard InChI is InChI=1S/C18H20N2O3/c1-13(20-18(22)15-6-4-3-5-7-15)17(21)19-12-14-8-10-16(23-2)11-9-14/h3-11,13H,12H2,1-2H3,(H,19,21)(H,20,22). The van der Waals surface area contributed by atoms with Gasteiger partial charge in [-0.3, -0.25) is 9.59 Å². The van der Waals surface area contributed by atoms with Crippen LogP contribution in [0.4, 0.5) is 0 Å². The highest BCUT2D eigenvalue weighted by molar-refractivity contribution is 5.97. The number of hydrogen-bond acceptors (Lipinski definition) is 3. The van der Waals surface area contributed by atoms with Crippen molar-refractivity contribution in [1.82, 2.24) is 10.6 Å². The molecule has 2 aromatic rings. The van der Waals surface area contributed by atoms with Gasteiger partial charge in [0.15, 0.2) is 0 Å². The van der Waals surface area contributed by atoms with E-state index in [4.69, 9.17) is 4.74 Å². The predicted octanol–water partition coefficient (Wildman–Crippen LogP) is 2.13. The highest BCUT2D eigenvalue weighted by atomic mass is 16.5. The van der Waals surface area contributed by atoms with E-state index in [0.29, 0.717) is 12.1 Å². The topological polar surface area (TPSA) is 67.4 Å². The van der Waals surface area contributed by atoms with E-state index in [2.05, 4.69) is 10.6 Å². The molecule has 0 saturated heterocycles. The molecule has 0 aliphatic carbocycles. The molecule has 0 aliphatic heterocycles. The first-order valence-corrected chi connectivity index (χ1v) is 7.36. The Hall–Kier alpha value is -2.82. The van der Waals surface area contributed by atoms with Crippen LogP contribution in [0.25, 0.3) is 0 Å². The van der Waals surface area contributed by atoms with Crippen LogP contribution in [0.5, 0.6) is 5.75 Å². The van der Waals surface area contributed by atoms with Crippen molar-refractivity contribution in [3.8, 4) is 5.75 Å². The van der Waals surface area contributed by atoms with Crippen LogP contribution in [0.15, 0.2) is 54.6 Å². The van der Waals surface area contributed by atoms with E-state index in [0.717, 1.165) is 11.3 Å². The lowest BCUT2D eigenvalue weighted by Crippen LogP contribution is -2.44. The van der Waals surface area contributed by atoms with Gasteiger partial charge in [-0.2, -0.15) is 0 Å². The molecule has 0 fully saturated rings. The molecule has 0 spiro atoms. The van der Waals surface area contributed by atoms with Gasteiger partial charge < -0.3 is 15.4 Å². The maximum absolute atomic E-state index is 12.1. The summed E-state index contributed by atoms with van der Waals surface area (Å²) in [6.07, 6.45) is 0. The number of hydrogen-bond donors (Lipinski definition) is 2. The monoisotopic (exact) mass is 312 g/mol. The quantitative estimate of drug-likeness (QED) is 0.858. The third kappa shape index (κ3) is 4.85. The SMILES string of the molecule is COc1ccc(CNC(=O)C(C)NC(=O)c2ccccc2)cc1. The van der Waals surface area contributed by atoms with Gasteiger partial charge in [0.2, 0.25) is 5.91 Å². The van der Waals surface area contributed by atoms with E-state index in [9.17, 15) is 9.59 Å². The molecular weight excluding hydrogens is 292 g/mol. The van der Waals surface area contributed by atoms with Gasteiger partial charge >= 0.3 is 0 Å². The highest BCUT2D eigenvalue weighted by Crippen LogP contribution is 2.10. The third-order valence-corrected chi connectivity index (χ3v) is 3.40. The van der Waals surface area contributed by atoms with E-state index >= 15 is 0 Å². The summed E-state index contributed by atoms with van der Waals surface area (Å²) in [6, 6.07) is 15.6. The Morgan fingerprint density at radius 3 is 2.30 bits per heavy atom. The summed E-state index contributed by atoms with van der Waals surface area (Å²) >= 11 is 0. The molecule has 0 heterocycles. The van der Waals surface area contributed by atoms with Crippen molar-refractivity contribution in [2.24, 2.45) is 0 Å². The van der Waals surface area contributed by atoms with Crippen LogP contribution in [-0.2, 0) is 11.3 Å². The number of carbonyl (C=O) groups excluding carboxylic acids is 2. The Morgan fingerprint density at radius 2 is 1.70 bits per heavy atom.